The number of nitrogens with zero attached hydrogens (tertiary/aromatic N) is 1. The number of carbonyl (C=O) groups is 1. The van der Waals surface area contributed by atoms with Gasteiger partial charge >= 0.3 is 0 Å². The molecule has 0 spiro atoms. The van der Waals surface area contributed by atoms with Crippen molar-refractivity contribution in [2.24, 2.45) is 0 Å². The molecule has 4 aromatic rings. The Kier molecular flexibility index (Phi) is 9.10. The van der Waals surface area contributed by atoms with Crippen molar-refractivity contribution in [2.75, 3.05) is 19.8 Å². The van der Waals surface area contributed by atoms with Crippen molar-refractivity contribution >= 4 is 38.3 Å². The summed E-state index contributed by atoms with van der Waals surface area (Å²) in [4.78, 5) is 14.6. The number of benzene rings is 4. The number of nitrogens with one attached hydrogen (secondary N) is 2. The summed E-state index contributed by atoms with van der Waals surface area (Å²) in [5.41, 5.74) is 0.956. The highest BCUT2D eigenvalue weighted by atomic mass is 35.5. The largest absolute Gasteiger partial charge is 0.490 e. The van der Waals surface area contributed by atoms with E-state index in [4.69, 9.17) is 16.3 Å². The van der Waals surface area contributed by atoms with Crippen LogP contribution in [0.4, 0.5) is 8.78 Å². The van der Waals surface area contributed by atoms with Crippen LogP contribution in [0.1, 0.15) is 37.7 Å². The first-order valence-corrected chi connectivity index (χ1v) is 16.9. The quantitative estimate of drug-likeness (QED) is 0.210. The molecule has 2 fully saturated rings. The predicted molar refractivity (Wildman–Crippen MR) is 171 cm³/mol. The third kappa shape index (κ3) is 6.99. The zero-order valence-electron chi connectivity index (χ0n) is 24.5. The SMILES string of the molecule is O=C([C@H](NS(=O)(=O)c1ccc2cc(OC3CCCC3)ccc2c1)C(F)(F)c1ccc(-c2ccc(Cl)cc2)cc1)N1CCCNC1. The molecule has 7 nitrogen and oxygen atoms in total. The third-order valence-corrected chi connectivity index (χ3v) is 10.1. The highest BCUT2D eigenvalue weighted by molar-refractivity contribution is 7.89. The molecule has 2 aliphatic rings. The zero-order valence-corrected chi connectivity index (χ0v) is 26.1. The van der Waals surface area contributed by atoms with Gasteiger partial charge in [0.25, 0.3) is 5.92 Å². The third-order valence-electron chi connectivity index (χ3n) is 8.42. The van der Waals surface area contributed by atoms with Crippen LogP contribution < -0.4 is 14.8 Å². The van der Waals surface area contributed by atoms with Crippen LogP contribution in [-0.4, -0.2) is 51.1 Å². The van der Waals surface area contributed by atoms with E-state index in [0.717, 1.165) is 36.6 Å². The maximum atomic E-state index is 16.3. The summed E-state index contributed by atoms with van der Waals surface area (Å²) in [5.74, 6) is -4.18. The highest BCUT2D eigenvalue weighted by Gasteiger charge is 2.49. The molecule has 0 radical (unpaired) electrons. The number of alkyl halides is 2. The van der Waals surface area contributed by atoms with Gasteiger partial charge in [0.05, 0.1) is 17.7 Å². The summed E-state index contributed by atoms with van der Waals surface area (Å²) < 4.78 is 68.0. The number of amides is 1. The summed E-state index contributed by atoms with van der Waals surface area (Å²) in [6, 6.07) is 19.8. The van der Waals surface area contributed by atoms with Gasteiger partial charge in [-0.05, 0) is 96.9 Å². The Balaban J connectivity index is 1.28. The van der Waals surface area contributed by atoms with E-state index in [9.17, 15) is 13.2 Å². The number of halogens is 3. The van der Waals surface area contributed by atoms with Gasteiger partial charge in [0.1, 0.15) is 5.75 Å². The summed E-state index contributed by atoms with van der Waals surface area (Å²) in [5, 5.41) is 4.90. The standard InChI is InChI=1S/C34H34ClF2N3O4S/c35-28-14-8-24(9-15-28)23-6-12-27(13-7-23)34(36,37)32(33(41)40-19-3-18-38-22-40)39-45(42,43)31-17-11-25-20-30(16-10-26(25)21-31)44-29-4-1-2-5-29/h6-17,20-21,29,32,38-39H,1-5,18-19,22H2/t32-/m0/s1. The molecule has 1 atom stereocenters. The van der Waals surface area contributed by atoms with Gasteiger partial charge in [-0.15, -0.1) is 0 Å². The van der Waals surface area contributed by atoms with Crippen LogP contribution in [0.5, 0.6) is 5.75 Å². The number of hydrogen-bond acceptors (Lipinski definition) is 5. The fourth-order valence-electron chi connectivity index (χ4n) is 5.90. The molecule has 1 heterocycles. The summed E-state index contributed by atoms with van der Waals surface area (Å²) in [7, 11) is -4.55. The van der Waals surface area contributed by atoms with E-state index in [0.29, 0.717) is 34.7 Å². The lowest BCUT2D eigenvalue weighted by atomic mass is 9.97. The van der Waals surface area contributed by atoms with Gasteiger partial charge in [0.2, 0.25) is 15.9 Å². The molecule has 1 saturated heterocycles. The number of rotatable bonds is 9. The molecule has 1 aliphatic heterocycles. The molecule has 2 N–H and O–H groups in total. The lowest BCUT2D eigenvalue weighted by Gasteiger charge is -2.34. The van der Waals surface area contributed by atoms with Crippen molar-refractivity contribution in [1.82, 2.24) is 14.9 Å². The minimum atomic E-state index is -4.55. The fraction of sp³-hybridized carbons (Fsp3) is 0.324. The van der Waals surface area contributed by atoms with Crippen LogP contribution >= 0.6 is 11.6 Å². The van der Waals surface area contributed by atoms with Gasteiger partial charge in [-0.1, -0.05) is 60.1 Å². The second-order valence-electron chi connectivity index (χ2n) is 11.6. The molecule has 1 saturated carbocycles. The molecule has 4 aromatic carbocycles. The highest BCUT2D eigenvalue weighted by Crippen LogP contribution is 2.36. The fourth-order valence-corrected chi connectivity index (χ4v) is 7.25. The molecular formula is C34H34ClF2N3O4S. The van der Waals surface area contributed by atoms with Crippen molar-refractivity contribution in [2.45, 2.75) is 55.1 Å². The zero-order chi connectivity index (χ0) is 31.6. The minimum absolute atomic E-state index is 0.0455. The molecular weight excluding hydrogens is 620 g/mol. The normalized spacial score (nSPS) is 17.0. The first-order valence-electron chi connectivity index (χ1n) is 15.1. The molecule has 236 valence electrons. The van der Waals surface area contributed by atoms with Crippen LogP contribution in [0.25, 0.3) is 21.9 Å². The van der Waals surface area contributed by atoms with Crippen molar-refractivity contribution in [1.29, 1.82) is 0 Å². The van der Waals surface area contributed by atoms with E-state index in [2.05, 4.69) is 10.0 Å². The number of sulfonamides is 1. The Morgan fingerprint density at radius 1 is 0.911 bits per heavy atom. The number of hydrogen-bond donors (Lipinski definition) is 2. The van der Waals surface area contributed by atoms with E-state index < -0.39 is 33.5 Å². The Labute approximate surface area is 266 Å². The monoisotopic (exact) mass is 653 g/mol. The van der Waals surface area contributed by atoms with E-state index in [1.807, 2.05) is 6.07 Å². The van der Waals surface area contributed by atoms with E-state index in [-0.39, 0.29) is 24.2 Å². The van der Waals surface area contributed by atoms with E-state index in [1.165, 1.54) is 41.3 Å². The second kappa shape index (κ2) is 13.0. The molecule has 6 rings (SSSR count). The summed E-state index contributed by atoms with van der Waals surface area (Å²) in [6.07, 6.45) is 5.02. The molecule has 1 aliphatic carbocycles. The molecule has 0 unspecified atom stereocenters. The average molecular weight is 654 g/mol. The Morgan fingerprint density at radius 2 is 1.56 bits per heavy atom. The summed E-state index contributed by atoms with van der Waals surface area (Å²) in [6.45, 7) is 0.911. The molecule has 45 heavy (non-hydrogen) atoms. The van der Waals surface area contributed by atoms with Gasteiger partial charge in [-0.25, -0.2) is 8.42 Å². The van der Waals surface area contributed by atoms with Crippen molar-refractivity contribution < 1.29 is 26.7 Å². The Hall–Kier alpha value is -3.57. The smallest absolute Gasteiger partial charge is 0.298 e. The molecule has 0 bridgehead atoms. The maximum Gasteiger partial charge on any atom is 0.298 e. The average Bonchev–Trinajstić information content (AvgIpc) is 3.57. The maximum absolute atomic E-state index is 16.3. The Bertz CT molecular complexity index is 1770. The van der Waals surface area contributed by atoms with Crippen molar-refractivity contribution in [3.05, 3.63) is 95.5 Å². The van der Waals surface area contributed by atoms with Gasteiger partial charge in [0, 0.05) is 17.1 Å². The number of ether oxygens (including phenoxy) is 1. The van der Waals surface area contributed by atoms with Gasteiger partial charge in [-0.2, -0.15) is 13.5 Å². The van der Waals surface area contributed by atoms with E-state index >= 15 is 8.78 Å². The van der Waals surface area contributed by atoms with Gasteiger partial charge in [0.15, 0.2) is 6.04 Å². The lowest BCUT2D eigenvalue weighted by molar-refractivity contribution is -0.145. The second-order valence-corrected chi connectivity index (χ2v) is 13.7. The molecule has 1 amide bonds. The Morgan fingerprint density at radius 3 is 2.22 bits per heavy atom. The number of fused-ring (bicyclic) bond motifs is 1. The van der Waals surface area contributed by atoms with Crippen LogP contribution in [0, 0.1) is 0 Å². The first kappa shape index (κ1) is 31.4. The van der Waals surface area contributed by atoms with Crippen molar-refractivity contribution in [3.8, 4) is 16.9 Å². The molecule has 11 heteroatoms. The lowest BCUT2D eigenvalue weighted by Crippen LogP contribution is -2.58. The van der Waals surface area contributed by atoms with Gasteiger partial charge in [-0.3, -0.25) is 10.1 Å². The van der Waals surface area contributed by atoms with Crippen LogP contribution in [0.2, 0.25) is 5.02 Å². The summed E-state index contributed by atoms with van der Waals surface area (Å²) >= 11 is 5.97. The van der Waals surface area contributed by atoms with Crippen LogP contribution in [0.15, 0.2) is 89.8 Å². The number of carbonyl (C=O) groups excluding carboxylic acids is 1. The van der Waals surface area contributed by atoms with E-state index in [1.54, 1.807) is 42.5 Å². The van der Waals surface area contributed by atoms with Crippen LogP contribution in [0.3, 0.4) is 0 Å². The van der Waals surface area contributed by atoms with Crippen LogP contribution in [-0.2, 0) is 20.7 Å². The molecule has 0 aromatic heterocycles. The van der Waals surface area contributed by atoms with Crippen molar-refractivity contribution in [3.63, 3.8) is 0 Å². The minimum Gasteiger partial charge on any atom is -0.490 e. The van der Waals surface area contributed by atoms with Gasteiger partial charge < -0.3 is 9.64 Å². The first-order chi connectivity index (χ1) is 21.6. The predicted octanol–water partition coefficient (Wildman–Crippen LogP) is 6.70. The topological polar surface area (TPSA) is 87.7 Å².